The fourth-order valence-corrected chi connectivity index (χ4v) is 2.92. The van der Waals surface area contributed by atoms with Gasteiger partial charge in [-0.1, -0.05) is 6.07 Å². The maximum atomic E-state index is 13.6. The van der Waals surface area contributed by atoms with Crippen LogP contribution in [-0.2, 0) is 17.5 Å². The monoisotopic (exact) mass is 433 g/mol. The summed E-state index contributed by atoms with van der Waals surface area (Å²) >= 11 is 0. The second kappa shape index (κ2) is 8.63. The zero-order valence-electron chi connectivity index (χ0n) is 16.2. The summed E-state index contributed by atoms with van der Waals surface area (Å²) in [4.78, 5) is 25.9. The SMILES string of the molecule is Nc1ncc(-c2nc(NCc3ccccn3)nc(N3CCOCC3)n2)c(C(F)(F)F)n1. The van der Waals surface area contributed by atoms with Crippen LogP contribution in [-0.4, -0.2) is 56.2 Å². The minimum absolute atomic E-state index is 0.0992. The number of alkyl halides is 3. The van der Waals surface area contributed by atoms with Crippen molar-refractivity contribution in [2.75, 3.05) is 42.3 Å². The molecular weight excluding hydrogens is 415 g/mol. The maximum Gasteiger partial charge on any atom is 0.434 e. The summed E-state index contributed by atoms with van der Waals surface area (Å²) < 4.78 is 46.0. The summed E-state index contributed by atoms with van der Waals surface area (Å²) in [7, 11) is 0. The Hall–Kier alpha value is -3.61. The molecule has 0 bridgehead atoms. The fourth-order valence-electron chi connectivity index (χ4n) is 2.92. The molecule has 1 fully saturated rings. The molecule has 31 heavy (non-hydrogen) atoms. The predicted octanol–water partition coefficient (Wildman–Crippen LogP) is 1.77. The van der Waals surface area contributed by atoms with Gasteiger partial charge in [0.05, 0.1) is 31.0 Å². The van der Waals surface area contributed by atoms with Crippen LogP contribution < -0.4 is 16.0 Å². The number of aromatic nitrogens is 6. The summed E-state index contributed by atoms with van der Waals surface area (Å²) in [5.41, 5.74) is 4.48. The van der Waals surface area contributed by atoms with Gasteiger partial charge in [-0.3, -0.25) is 4.98 Å². The molecule has 4 heterocycles. The molecule has 0 spiro atoms. The van der Waals surface area contributed by atoms with Gasteiger partial charge < -0.3 is 20.7 Å². The van der Waals surface area contributed by atoms with Gasteiger partial charge in [0.15, 0.2) is 11.5 Å². The summed E-state index contributed by atoms with van der Waals surface area (Å²) in [5, 5.41) is 2.99. The van der Waals surface area contributed by atoms with Gasteiger partial charge in [0.1, 0.15) is 0 Å². The number of nitrogen functional groups attached to an aromatic ring is 1. The molecular formula is C18H18F3N9O. The number of rotatable bonds is 5. The first-order valence-electron chi connectivity index (χ1n) is 9.33. The van der Waals surface area contributed by atoms with E-state index in [0.717, 1.165) is 6.20 Å². The Morgan fingerprint density at radius 2 is 1.87 bits per heavy atom. The van der Waals surface area contributed by atoms with E-state index in [1.165, 1.54) is 0 Å². The Kier molecular flexibility index (Phi) is 5.75. The molecule has 0 saturated carbocycles. The highest BCUT2D eigenvalue weighted by atomic mass is 19.4. The molecule has 0 atom stereocenters. The molecule has 3 aromatic rings. The lowest BCUT2D eigenvalue weighted by Gasteiger charge is -2.27. The van der Waals surface area contributed by atoms with Gasteiger partial charge >= 0.3 is 6.18 Å². The third kappa shape index (κ3) is 4.94. The number of halogens is 3. The van der Waals surface area contributed by atoms with E-state index in [1.54, 1.807) is 18.3 Å². The Morgan fingerprint density at radius 3 is 2.58 bits per heavy atom. The zero-order chi connectivity index (χ0) is 21.8. The van der Waals surface area contributed by atoms with Gasteiger partial charge in [0.2, 0.25) is 17.8 Å². The number of hydrogen-bond donors (Lipinski definition) is 2. The topological polar surface area (TPSA) is 128 Å². The van der Waals surface area contributed by atoms with E-state index in [9.17, 15) is 13.2 Å². The van der Waals surface area contributed by atoms with Crippen LogP contribution in [0.15, 0.2) is 30.6 Å². The summed E-state index contributed by atoms with van der Waals surface area (Å²) in [5.74, 6) is -0.386. The highest BCUT2D eigenvalue weighted by molar-refractivity contribution is 5.61. The number of morpholine rings is 1. The van der Waals surface area contributed by atoms with Crippen molar-refractivity contribution in [3.63, 3.8) is 0 Å². The third-order valence-corrected chi connectivity index (χ3v) is 4.39. The van der Waals surface area contributed by atoms with Crippen LogP contribution in [0.25, 0.3) is 11.4 Å². The second-order valence-corrected chi connectivity index (χ2v) is 6.54. The summed E-state index contributed by atoms with van der Waals surface area (Å²) in [6, 6.07) is 5.40. The lowest BCUT2D eigenvalue weighted by molar-refractivity contribution is -0.140. The zero-order valence-corrected chi connectivity index (χ0v) is 16.2. The molecule has 13 heteroatoms. The number of hydrogen-bond acceptors (Lipinski definition) is 10. The van der Waals surface area contributed by atoms with Crippen molar-refractivity contribution in [3.8, 4) is 11.4 Å². The fraction of sp³-hybridized carbons (Fsp3) is 0.333. The first-order chi connectivity index (χ1) is 14.9. The van der Waals surface area contributed by atoms with Gasteiger partial charge in [-0.2, -0.15) is 28.1 Å². The van der Waals surface area contributed by atoms with Gasteiger partial charge in [-0.15, -0.1) is 0 Å². The molecule has 0 aliphatic carbocycles. The maximum absolute atomic E-state index is 13.6. The number of pyridine rings is 1. The smallest absolute Gasteiger partial charge is 0.378 e. The molecule has 0 aromatic carbocycles. The average molecular weight is 433 g/mol. The lowest BCUT2D eigenvalue weighted by Crippen LogP contribution is -2.37. The molecule has 1 aliphatic rings. The minimum Gasteiger partial charge on any atom is -0.378 e. The van der Waals surface area contributed by atoms with Crippen molar-refractivity contribution in [1.82, 2.24) is 29.9 Å². The molecule has 0 radical (unpaired) electrons. The van der Waals surface area contributed by atoms with Crippen molar-refractivity contribution in [3.05, 3.63) is 42.0 Å². The van der Waals surface area contributed by atoms with E-state index in [0.29, 0.717) is 32.0 Å². The number of ether oxygens (including phenoxy) is 1. The van der Waals surface area contributed by atoms with Crippen LogP contribution >= 0.6 is 0 Å². The normalized spacial score (nSPS) is 14.5. The molecule has 1 aliphatic heterocycles. The van der Waals surface area contributed by atoms with Gasteiger partial charge in [0, 0.05) is 25.5 Å². The van der Waals surface area contributed by atoms with Gasteiger partial charge in [-0.25, -0.2) is 9.97 Å². The summed E-state index contributed by atoms with van der Waals surface area (Å²) in [6.45, 7) is 2.17. The molecule has 4 rings (SSSR count). The van der Waals surface area contributed by atoms with Crippen LogP contribution in [0.4, 0.5) is 31.0 Å². The van der Waals surface area contributed by atoms with Crippen molar-refractivity contribution in [2.45, 2.75) is 12.7 Å². The lowest BCUT2D eigenvalue weighted by atomic mass is 10.2. The first-order valence-corrected chi connectivity index (χ1v) is 9.33. The highest BCUT2D eigenvalue weighted by Gasteiger charge is 2.37. The van der Waals surface area contributed by atoms with E-state index in [1.807, 2.05) is 11.0 Å². The largest absolute Gasteiger partial charge is 0.434 e. The Balaban J connectivity index is 1.74. The number of nitrogens with one attached hydrogen (secondary N) is 1. The van der Waals surface area contributed by atoms with Crippen LogP contribution in [0.2, 0.25) is 0 Å². The van der Waals surface area contributed by atoms with Crippen molar-refractivity contribution in [2.24, 2.45) is 0 Å². The van der Waals surface area contributed by atoms with E-state index < -0.39 is 17.8 Å². The van der Waals surface area contributed by atoms with E-state index >= 15 is 0 Å². The van der Waals surface area contributed by atoms with Crippen LogP contribution in [0.1, 0.15) is 11.4 Å². The minimum atomic E-state index is -4.76. The number of nitrogens with two attached hydrogens (primary N) is 1. The summed E-state index contributed by atoms with van der Waals surface area (Å²) in [6.07, 6.45) is -2.16. The van der Waals surface area contributed by atoms with Crippen LogP contribution in [0.3, 0.4) is 0 Å². The first kappa shape index (κ1) is 20.7. The van der Waals surface area contributed by atoms with Gasteiger partial charge in [0.25, 0.3) is 0 Å². The highest BCUT2D eigenvalue weighted by Crippen LogP contribution is 2.35. The van der Waals surface area contributed by atoms with E-state index in [-0.39, 0.29) is 29.8 Å². The van der Waals surface area contributed by atoms with Crippen molar-refractivity contribution in [1.29, 1.82) is 0 Å². The predicted molar refractivity (Wildman–Crippen MR) is 105 cm³/mol. The van der Waals surface area contributed by atoms with Gasteiger partial charge in [-0.05, 0) is 12.1 Å². The van der Waals surface area contributed by atoms with Crippen molar-refractivity contribution >= 4 is 17.8 Å². The van der Waals surface area contributed by atoms with Crippen LogP contribution in [0, 0.1) is 0 Å². The quantitative estimate of drug-likeness (QED) is 0.614. The standard InChI is InChI=1S/C18H18F3N9O/c19-18(20,21)13-12(10-24-15(22)26-13)14-27-16(25-9-11-3-1-2-4-23-11)29-17(28-14)30-5-7-31-8-6-30/h1-4,10H,5-9H2,(H2,22,24,26)(H,25,27,28,29). The van der Waals surface area contributed by atoms with Crippen LogP contribution in [0.5, 0.6) is 0 Å². The second-order valence-electron chi connectivity index (χ2n) is 6.54. The molecule has 10 nitrogen and oxygen atoms in total. The molecule has 1 saturated heterocycles. The average Bonchev–Trinajstić information content (AvgIpc) is 2.78. The third-order valence-electron chi connectivity index (χ3n) is 4.39. The van der Waals surface area contributed by atoms with E-state index in [4.69, 9.17) is 10.5 Å². The molecule has 162 valence electrons. The number of anilines is 3. The Labute approximate surface area is 174 Å². The Bertz CT molecular complexity index is 1040. The molecule has 3 N–H and O–H groups in total. The Morgan fingerprint density at radius 1 is 1.06 bits per heavy atom. The number of nitrogens with zero attached hydrogens (tertiary/aromatic N) is 7. The molecule has 0 amide bonds. The van der Waals surface area contributed by atoms with Crippen molar-refractivity contribution < 1.29 is 17.9 Å². The van der Waals surface area contributed by atoms with E-state index in [2.05, 4.69) is 35.2 Å². The molecule has 0 unspecified atom stereocenters. The molecule has 3 aromatic heterocycles.